The van der Waals surface area contributed by atoms with Crippen molar-refractivity contribution in [3.05, 3.63) is 29.7 Å². The Kier molecular flexibility index (Phi) is 4.35. The largest absolute Gasteiger partial charge is 0.493 e. The molecule has 5 heteroatoms. The third kappa shape index (κ3) is 3.25. The smallest absolute Gasteiger partial charge is 0.487 e. The fourth-order valence-electron chi connectivity index (χ4n) is 2.11. The number of hydrogen-bond acceptors (Lipinski definition) is 4. The van der Waals surface area contributed by atoms with Gasteiger partial charge in [0.05, 0.1) is 25.4 Å². The van der Waals surface area contributed by atoms with Crippen molar-refractivity contribution in [2.45, 2.75) is 38.9 Å². The predicted molar refractivity (Wildman–Crippen MR) is 84.7 cm³/mol. The van der Waals surface area contributed by atoms with Crippen molar-refractivity contribution in [1.82, 2.24) is 0 Å². The van der Waals surface area contributed by atoms with Crippen LogP contribution in [0.4, 0.5) is 0 Å². The molecule has 4 nitrogen and oxygen atoms in total. The number of benzene rings is 1. The minimum absolute atomic E-state index is 0.320. The van der Waals surface area contributed by atoms with Gasteiger partial charge < -0.3 is 18.8 Å². The lowest BCUT2D eigenvalue weighted by molar-refractivity contribution is 0.00578. The molecule has 21 heavy (non-hydrogen) atoms. The summed E-state index contributed by atoms with van der Waals surface area (Å²) in [5.74, 6) is 3.33. The van der Waals surface area contributed by atoms with E-state index in [1.165, 1.54) is 0 Å². The lowest BCUT2D eigenvalue weighted by Crippen LogP contribution is -2.41. The monoisotopic (exact) mass is 290 g/mol. The van der Waals surface area contributed by atoms with Crippen LogP contribution in [-0.2, 0) is 9.31 Å². The summed E-state index contributed by atoms with van der Waals surface area (Å²) in [4.78, 5) is 0. The van der Waals surface area contributed by atoms with Crippen LogP contribution in [0.25, 0.3) is 6.08 Å². The zero-order chi connectivity index (χ0) is 15.7. The fraction of sp³-hybridized carbons (Fsp3) is 0.500. The highest BCUT2D eigenvalue weighted by Gasteiger charge is 2.49. The third-order valence-corrected chi connectivity index (χ3v) is 4.12. The van der Waals surface area contributed by atoms with Gasteiger partial charge in [0.25, 0.3) is 0 Å². The molecule has 0 amide bonds. The Labute approximate surface area is 127 Å². The topological polar surface area (TPSA) is 36.9 Å². The van der Waals surface area contributed by atoms with Gasteiger partial charge in [-0.15, -0.1) is 0 Å². The minimum atomic E-state index is -0.344. The predicted octanol–water partition coefficient (Wildman–Crippen LogP) is 3.35. The molecule has 1 aromatic carbocycles. The quantitative estimate of drug-likeness (QED) is 0.797. The zero-order valence-corrected chi connectivity index (χ0v) is 13.6. The van der Waals surface area contributed by atoms with Crippen molar-refractivity contribution in [3.8, 4) is 11.5 Å². The van der Waals surface area contributed by atoms with Crippen molar-refractivity contribution in [3.63, 3.8) is 0 Å². The highest BCUT2D eigenvalue weighted by Crippen LogP contribution is 2.37. The van der Waals surface area contributed by atoms with Crippen LogP contribution < -0.4 is 9.47 Å². The van der Waals surface area contributed by atoms with E-state index in [2.05, 4.69) is 0 Å². The fourth-order valence-corrected chi connectivity index (χ4v) is 2.11. The van der Waals surface area contributed by atoms with Gasteiger partial charge in [0.15, 0.2) is 11.5 Å². The van der Waals surface area contributed by atoms with E-state index in [0.717, 1.165) is 5.56 Å². The Bertz CT molecular complexity index is 521. The summed E-state index contributed by atoms with van der Waals surface area (Å²) in [5.41, 5.74) is 0.363. The van der Waals surface area contributed by atoms with E-state index in [4.69, 9.17) is 18.8 Å². The summed E-state index contributed by atoms with van der Waals surface area (Å²) in [7, 11) is 2.90. The highest BCUT2D eigenvalue weighted by atomic mass is 16.7. The summed E-state index contributed by atoms with van der Waals surface area (Å²) < 4.78 is 22.4. The molecule has 1 fully saturated rings. The van der Waals surface area contributed by atoms with Crippen LogP contribution in [0.2, 0.25) is 0 Å². The van der Waals surface area contributed by atoms with Crippen molar-refractivity contribution in [2.75, 3.05) is 14.2 Å². The van der Waals surface area contributed by atoms with Crippen LogP contribution in [-0.4, -0.2) is 32.5 Å². The molecule has 0 radical (unpaired) electrons. The van der Waals surface area contributed by atoms with Gasteiger partial charge in [-0.05, 0) is 45.4 Å². The van der Waals surface area contributed by atoms with Crippen molar-refractivity contribution in [1.29, 1.82) is 0 Å². The standard InChI is InChI=1S/C16H23BO4/c1-15(2)16(3,4)21-17(20-15)10-9-12-7-8-13(18-5)14(11-12)19-6/h7-11H,1-6H3/b10-9-. The molecule has 1 aliphatic heterocycles. The van der Waals surface area contributed by atoms with E-state index in [-0.39, 0.29) is 18.3 Å². The molecule has 1 saturated heterocycles. The Hall–Kier alpha value is -1.46. The first-order valence-electron chi connectivity index (χ1n) is 7.05. The molecule has 1 aliphatic rings. The van der Waals surface area contributed by atoms with E-state index in [9.17, 15) is 0 Å². The summed E-state index contributed by atoms with van der Waals surface area (Å²) in [6.45, 7) is 8.16. The van der Waals surface area contributed by atoms with Gasteiger partial charge in [0.1, 0.15) is 0 Å². The number of ether oxygens (including phenoxy) is 2. The molecule has 2 rings (SSSR count). The molecule has 0 N–H and O–H groups in total. The average molecular weight is 290 g/mol. The molecule has 1 heterocycles. The van der Waals surface area contributed by atoms with Crippen LogP contribution in [0.5, 0.6) is 11.5 Å². The molecule has 0 atom stereocenters. The van der Waals surface area contributed by atoms with Gasteiger partial charge in [-0.1, -0.05) is 18.1 Å². The number of rotatable bonds is 4. The molecular formula is C16H23BO4. The molecular weight excluding hydrogens is 267 g/mol. The second-order valence-corrected chi connectivity index (χ2v) is 6.10. The first kappa shape index (κ1) is 15.9. The molecule has 114 valence electrons. The second-order valence-electron chi connectivity index (χ2n) is 6.10. The Balaban J connectivity index is 2.12. The number of methoxy groups -OCH3 is 2. The third-order valence-electron chi connectivity index (χ3n) is 4.12. The molecule has 0 unspecified atom stereocenters. The second kappa shape index (κ2) is 5.74. The average Bonchev–Trinajstić information content (AvgIpc) is 2.64. The molecule has 0 spiro atoms. The van der Waals surface area contributed by atoms with Gasteiger partial charge in [-0.2, -0.15) is 0 Å². The minimum Gasteiger partial charge on any atom is -0.493 e. The van der Waals surface area contributed by atoms with Crippen LogP contribution in [0.3, 0.4) is 0 Å². The maximum atomic E-state index is 5.92. The Morgan fingerprint density at radius 1 is 0.952 bits per heavy atom. The van der Waals surface area contributed by atoms with Gasteiger partial charge in [0.2, 0.25) is 0 Å². The lowest BCUT2D eigenvalue weighted by Gasteiger charge is -2.32. The maximum absolute atomic E-state index is 5.92. The molecule has 0 bridgehead atoms. The van der Waals surface area contributed by atoms with Crippen molar-refractivity contribution < 1.29 is 18.8 Å². The van der Waals surface area contributed by atoms with Crippen LogP contribution >= 0.6 is 0 Å². The van der Waals surface area contributed by atoms with Gasteiger partial charge in [-0.3, -0.25) is 0 Å². The van der Waals surface area contributed by atoms with E-state index in [0.29, 0.717) is 11.5 Å². The summed E-state index contributed by atoms with van der Waals surface area (Å²) in [6, 6.07) is 5.76. The van der Waals surface area contributed by atoms with E-state index >= 15 is 0 Å². The maximum Gasteiger partial charge on any atom is 0.487 e. The van der Waals surface area contributed by atoms with Crippen molar-refractivity contribution in [2.24, 2.45) is 0 Å². The van der Waals surface area contributed by atoms with Gasteiger partial charge >= 0.3 is 7.12 Å². The van der Waals surface area contributed by atoms with Gasteiger partial charge in [0, 0.05) is 0 Å². The van der Waals surface area contributed by atoms with Gasteiger partial charge in [-0.25, -0.2) is 0 Å². The first-order chi connectivity index (χ1) is 9.79. The first-order valence-corrected chi connectivity index (χ1v) is 7.05. The van der Waals surface area contributed by atoms with E-state index < -0.39 is 0 Å². The summed E-state index contributed by atoms with van der Waals surface area (Å²) >= 11 is 0. The Morgan fingerprint density at radius 2 is 1.52 bits per heavy atom. The molecule has 0 aliphatic carbocycles. The molecule has 0 saturated carbocycles. The summed E-state index contributed by atoms with van der Waals surface area (Å²) in [6.07, 6.45) is 1.96. The number of hydrogen-bond donors (Lipinski definition) is 0. The lowest BCUT2D eigenvalue weighted by atomic mass is 9.89. The van der Waals surface area contributed by atoms with Crippen molar-refractivity contribution >= 4 is 13.2 Å². The van der Waals surface area contributed by atoms with E-state index in [1.54, 1.807) is 14.2 Å². The normalized spacial score (nSPS) is 20.0. The molecule has 0 aromatic heterocycles. The molecule has 1 aromatic rings. The van der Waals surface area contributed by atoms with Crippen LogP contribution in [0, 0.1) is 0 Å². The van der Waals surface area contributed by atoms with Crippen LogP contribution in [0.1, 0.15) is 33.3 Å². The van der Waals surface area contributed by atoms with E-state index in [1.807, 2.05) is 57.9 Å². The van der Waals surface area contributed by atoms with Crippen LogP contribution in [0.15, 0.2) is 24.2 Å². The highest BCUT2D eigenvalue weighted by molar-refractivity contribution is 6.52. The zero-order valence-electron chi connectivity index (χ0n) is 13.6. The summed E-state index contributed by atoms with van der Waals surface area (Å²) in [5, 5.41) is 0. The SMILES string of the molecule is COc1ccc(/C=C\B2OC(C)(C)C(C)(C)O2)cc1OC. The Morgan fingerprint density at radius 3 is 2.05 bits per heavy atom.